The molecule has 102 valence electrons. The van der Waals surface area contributed by atoms with Gasteiger partial charge in [-0.3, -0.25) is 9.69 Å². The van der Waals surface area contributed by atoms with Crippen molar-refractivity contribution in [3.8, 4) is 0 Å². The summed E-state index contributed by atoms with van der Waals surface area (Å²) >= 11 is 0. The predicted octanol–water partition coefficient (Wildman–Crippen LogP) is 1.94. The fraction of sp³-hybridized carbons (Fsp3) is 0.533. The van der Waals surface area contributed by atoms with Crippen LogP contribution in [0.2, 0.25) is 0 Å². The van der Waals surface area contributed by atoms with Gasteiger partial charge in [0.05, 0.1) is 0 Å². The molecule has 0 radical (unpaired) electrons. The van der Waals surface area contributed by atoms with Crippen LogP contribution in [0.15, 0.2) is 18.2 Å². The van der Waals surface area contributed by atoms with Gasteiger partial charge in [0, 0.05) is 38.6 Å². The molecule has 0 aliphatic carbocycles. The third kappa shape index (κ3) is 2.37. The zero-order valence-electron chi connectivity index (χ0n) is 11.2. The van der Waals surface area contributed by atoms with Crippen molar-refractivity contribution in [2.75, 3.05) is 19.6 Å². The van der Waals surface area contributed by atoms with E-state index in [1.165, 1.54) is 6.07 Å². The summed E-state index contributed by atoms with van der Waals surface area (Å²) in [5.74, 6) is 0.166. The molecule has 1 amide bonds. The van der Waals surface area contributed by atoms with Crippen LogP contribution >= 0.6 is 0 Å². The highest BCUT2D eigenvalue weighted by Gasteiger charge is 2.35. The fourth-order valence-corrected chi connectivity index (χ4v) is 3.14. The van der Waals surface area contributed by atoms with E-state index in [-0.39, 0.29) is 5.82 Å². The van der Waals surface area contributed by atoms with Crippen LogP contribution in [0, 0.1) is 12.7 Å². The maximum absolute atomic E-state index is 13.5. The Balaban J connectivity index is 1.68. The second-order valence-electron chi connectivity index (χ2n) is 5.54. The van der Waals surface area contributed by atoms with E-state index in [4.69, 9.17) is 0 Å². The van der Waals surface area contributed by atoms with Crippen LogP contribution in [-0.2, 0) is 11.3 Å². The number of nitrogens with zero attached hydrogens (tertiary/aromatic N) is 2. The van der Waals surface area contributed by atoms with Gasteiger partial charge in [-0.25, -0.2) is 4.39 Å². The number of halogens is 1. The van der Waals surface area contributed by atoms with E-state index in [0.717, 1.165) is 43.7 Å². The van der Waals surface area contributed by atoms with Gasteiger partial charge in [0.1, 0.15) is 5.82 Å². The van der Waals surface area contributed by atoms with Crippen LogP contribution in [0.4, 0.5) is 4.39 Å². The molecule has 4 heteroatoms. The second kappa shape index (κ2) is 4.93. The summed E-state index contributed by atoms with van der Waals surface area (Å²) in [7, 11) is 0. The molecule has 19 heavy (non-hydrogen) atoms. The predicted molar refractivity (Wildman–Crippen MR) is 71.1 cm³/mol. The zero-order chi connectivity index (χ0) is 13.4. The molecule has 1 unspecified atom stereocenters. The van der Waals surface area contributed by atoms with Crippen LogP contribution in [0.1, 0.15) is 24.0 Å². The van der Waals surface area contributed by atoms with Crippen LogP contribution in [0.5, 0.6) is 0 Å². The lowest BCUT2D eigenvalue weighted by Gasteiger charge is -2.37. The molecule has 0 aromatic heterocycles. The monoisotopic (exact) mass is 262 g/mol. The minimum absolute atomic E-state index is 0.132. The molecular formula is C15H19FN2O. The SMILES string of the molecule is Cc1c(F)cccc1CN1CCN2C(=O)CCC2C1. The molecule has 2 saturated heterocycles. The number of piperazine rings is 1. The van der Waals surface area contributed by atoms with Crippen molar-refractivity contribution in [3.63, 3.8) is 0 Å². The van der Waals surface area contributed by atoms with Gasteiger partial charge < -0.3 is 4.90 Å². The summed E-state index contributed by atoms with van der Waals surface area (Å²) in [5, 5.41) is 0. The molecule has 2 heterocycles. The Morgan fingerprint density at radius 1 is 1.37 bits per heavy atom. The van der Waals surface area contributed by atoms with Crippen molar-refractivity contribution in [2.45, 2.75) is 32.4 Å². The highest BCUT2D eigenvalue weighted by atomic mass is 19.1. The molecular weight excluding hydrogens is 243 g/mol. The van der Waals surface area contributed by atoms with Gasteiger partial charge in [-0.15, -0.1) is 0 Å². The van der Waals surface area contributed by atoms with Gasteiger partial charge in [-0.05, 0) is 30.5 Å². The number of rotatable bonds is 2. The van der Waals surface area contributed by atoms with Crippen LogP contribution in [0.25, 0.3) is 0 Å². The molecule has 0 spiro atoms. The number of hydrogen-bond donors (Lipinski definition) is 0. The molecule has 2 aliphatic heterocycles. The molecule has 1 aromatic carbocycles. The summed E-state index contributed by atoms with van der Waals surface area (Å²) in [6.45, 7) is 5.24. The van der Waals surface area contributed by atoms with Gasteiger partial charge in [-0.2, -0.15) is 0 Å². The third-order valence-electron chi connectivity index (χ3n) is 4.35. The Morgan fingerprint density at radius 3 is 3.05 bits per heavy atom. The van der Waals surface area contributed by atoms with Gasteiger partial charge >= 0.3 is 0 Å². The van der Waals surface area contributed by atoms with Crippen molar-refractivity contribution in [1.82, 2.24) is 9.80 Å². The molecule has 0 bridgehead atoms. The van der Waals surface area contributed by atoms with E-state index in [2.05, 4.69) is 4.90 Å². The van der Waals surface area contributed by atoms with Crippen molar-refractivity contribution < 1.29 is 9.18 Å². The minimum atomic E-state index is -0.132. The largest absolute Gasteiger partial charge is 0.337 e. The van der Waals surface area contributed by atoms with Crippen molar-refractivity contribution >= 4 is 5.91 Å². The van der Waals surface area contributed by atoms with Crippen LogP contribution < -0.4 is 0 Å². The fourth-order valence-electron chi connectivity index (χ4n) is 3.14. The van der Waals surface area contributed by atoms with E-state index < -0.39 is 0 Å². The summed E-state index contributed by atoms with van der Waals surface area (Å²) in [4.78, 5) is 16.0. The number of carbonyl (C=O) groups is 1. The summed E-state index contributed by atoms with van der Waals surface area (Å²) in [6, 6.07) is 5.64. The molecule has 2 fully saturated rings. The minimum Gasteiger partial charge on any atom is -0.337 e. The highest BCUT2D eigenvalue weighted by Crippen LogP contribution is 2.24. The van der Waals surface area contributed by atoms with E-state index in [1.54, 1.807) is 6.07 Å². The first kappa shape index (κ1) is 12.6. The van der Waals surface area contributed by atoms with Gasteiger partial charge in [-0.1, -0.05) is 12.1 Å². The van der Waals surface area contributed by atoms with E-state index in [0.29, 0.717) is 18.4 Å². The summed E-state index contributed by atoms with van der Waals surface area (Å²) < 4.78 is 13.5. The first-order chi connectivity index (χ1) is 9.15. The van der Waals surface area contributed by atoms with Crippen molar-refractivity contribution in [2.24, 2.45) is 0 Å². The maximum Gasteiger partial charge on any atom is 0.222 e. The molecule has 0 N–H and O–H groups in total. The number of carbonyl (C=O) groups excluding carboxylic acids is 1. The normalized spacial score (nSPS) is 23.8. The molecule has 1 atom stereocenters. The first-order valence-corrected chi connectivity index (χ1v) is 6.91. The molecule has 1 aromatic rings. The van der Waals surface area contributed by atoms with E-state index >= 15 is 0 Å². The van der Waals surface area contributed by atoms with Gasteiger partial charge in [0.2, 0.25) is 5.91 Å². The lowest BCUT2D eigenvalue weighted by molar-refractivity contribution is -0.130. The van der Waals surface area contributed by atoms with Crippen molar-refractivity contribution in [3.05, 3.63) is 35.1 Å². The lowest BCUT2D eigenvalue weighted by atomic mass is 10.1. The van der Waals surface area contributed by atoms with Gasteiger partial charge in [0.25, 0.3) is 0 Å². The molecule has 3 rings (SSSR count). The standard InChI is InChI=1S/C15H19FN2O/c1-11-12(3-2-4-14(11)16)9-17-7-8-18-13(10-17)5-6-15(18)19/h2-4,13H,5-10H2,1H3. The van der Waals surface area contributed by atoms with Crippen LogP contribution in [-0.4, -0.2) is 41.4 Å². The Kier molecular flexibility index (Phi) is 3.27. The number of amides is 1. The third-order valence-corrected chi connectivity index (χ3v) is 4.35. The second-order valence-corrected chi connectivity index (χ2v) is 5.54. The number of benzene rings is 1. The first-order valence-electron chi connectivity index (χ1n) is 6.91. The average Bonchev–Trinajstić information content (AvgIpc) is 2.76. The Bertz CT molecular complexity index is 503. The Hall–Kier alpha value is -1.42. The Morgan fingerprint density at radius 2 is 2.21 bits per heavy atom. The smallest absolute Gasteiger partial charge is 0.222 e. The topological polar surface area (TPSA) is 23.6 Å². The molecule has 2 aliphatic rings. The van der Waals surface area contributed by atoms with E-state index in [9.17, 15) is 9.18 Å². The van der Waals surface area contributed by atoms with Crippen molar-refractivity contribution in [1.29, 1.82) is 0 Å². The Labute approximate surface area is 113 Å². The lowest BCUT2D eigenvalue weighted by Crippen LogP contribution is -2.51. The van der Waals surface area contributed by atoms with Crippen LogP contribution in [0.3, 0.4) is 0 Å². The van der Waals surface area contributed by atoms with Gasteiger partial charge in [0.15, 0.2) is 0 Å². The van der Waals surface area contributed by atoms with E-state index in [1.807, 2.05) is 17.9 Å². The summed E-state index contributed by atoms with van der Waals surface area (Å²) in [5.41, 5.74) is 1.80. The zero-order valence-corrected chi connectivity index (χ0v) is 11.2. The highest BCUT2D eigenvalue weighted by molar-refractivity contribution is 5.78. The average molecular weight is 262 g/mol. The summed E-state index contributed by atoms with van der Waals surface area (Å²) in [6.07, 6.45) is 1.66. The number of hydrogen-bond acceptors (Lipinski definition) is 2. The molecule has 0 saturated carbocycles. The number of fused-ring (bicyclic) bond motifs is 1. The molecule has 3 nitrogen and oxygen atoms in total. The maximum atomic E-state index is 13.5. The quantitative estimate of drug-likeness (QED) is 0.813.